The van der Waals surface area contributed by atoms with E-state index in [0.717, 1.165) is 40.5 Å². The summed E-state index contributed by atoms with van der Waals surface area (Å²) in [5.74, 6) is 0.351. The Morgan fingerprint density at radius 3 is 1.25 bits per heavy atom. The summed E-state index contributed by atoms with van der Waals surface area (Å²) in [6.07, 6.45) is 5.86. The molecule has 56 heavy (non-hydrogen) atoms. The standard InChI is InChI=1S/C54H48N2/c1-37-10-23-44(24-11-37)55(45-25-12-38(2)13-26-45)47-29-16-40(17-30-47)41-18-31-48(32-19-41)56(46-27-14-39(3)15-28-46)49-33-20-42(21-34-49)43-22-35-53-51(36-43)50-8-6-7-9-52(50)54(53,4)5/h6-35,43H,36H2,1-5H3. The summed E-state index contributed by atoms with van der Waals surface area (Å²) in [5, 5.41) is 0. The molecule has 1 unspecified atom stereocenters. The number of benzene rings is 7. The first-order chi connectivity index (χ1) is 27.2. The normalized spacial score (nSPS) is 15.3. The van der Waals surface area contributed by atoms with Crippen LogP contribution in [0, 0.1) is 20.8 Å². The highest BCUT2D eigenvalue weighted by molar-refractivity contribution is 5.85. The lowest BCUT2D eigenvalue weighted by Gasteiger charge is -2.28. The molecular weight excluding hydrogens is 677 g/mol. The smallest absolute Gasteiger partial charge is 0.0462 e. The largest absolute Gasteiger partial charge is 0.311 e. The molecule has 2 aliphatic rings. The molecule has 0 saturated heterocycles. The summed E-state index contributed by atoms with van der Waals surface area (Å²) in [6, 6.07) is 62.5. The lowest BCUT2D eigenvalue weighted by atomic mass is 9.78. The minimum absolute atomic E-state index is 0.0510. The number of fused-ring (bicyclic) bond motifs is 2. The molecule has 274 valence electrons. The molecular formula is C54H48N2. The maximum atomic E-state index is 2.42. The second kappa shape index (κ2) is 14.4. The molecule has 0 fully saturated rings. The Hall–Kier alpha value is -6.38. The summed E-state index contributed by atoms with van der Waals surface area (Å²) in [4.78, 5) is 4.69. The van der Waals surface area contributed by atoms with Crippen molar-refractivity contribution in [3.05, 3.63) is 221 Å². The first kappa shape index (κ1) is 35.3. The van der Waals surface area contributed by atoms with Gasteiger partial charge >= 0.3 is 0 Å². The third-order valence-electron chi connectivity index (χ3n) is 11.9. The highest BCUT2D eigenvalue weighted by Gasteiger charge is 2.38. The quantitative estimate of drug-likeness (QED) is 0.154. The van der Waals surface area contributed by atoms with Crippen LogP contribution in [0.4, 0.5) is 34.1 Å². The number of rotatable bonds is 8. The average molecular weight is 725 g/mol. The molecule has 7 aromatic rings. The van der Waals surface area contributed by atoms with Crippen molar-refractivity contribution in [3.8, 4) is 11.1 Å². The molecule has 0 spiro atoms. The monoisotopic (exact) mass is 724 g/mol. The Morgan fingerprint density at radius 2 is 0.821 bits per heavy atom. The number of anilines is 6. The first-order valence-electron chi connectivity index (χ1n) is 19.9. The maximum absolute atomic E-state index is 2.42. The zero-order valence-electron chi connectivity index (χ0n) is 33.0. The van der Waals surface area contributed by atoms with Gasteiger partial charge in [0, 0.05) is 45.5 Å². The van der Waals surface area contributed by atoms with Gasteiger partial charge in [0.15, 0.2) is 0 Å². The summed E-state index contributed by atoms with van der Waals surface area (Å²) in [5.41, 5.74) is 20.2. The molecule has 0 aromatic heterocycles. The van der Waals surface area contributed by atoms with Crippen LogP contribution in [0.2, 0.25) is 0 Å². The van der Waals surface area contributed by atoms with Gasteiger partial charge in [0.25, 0.3) is 0 Å². The molecule has 7 aromatic carbocycles. The van der Waals surface area contributed by atoms with Crippen molar-refractivity contribution in [1.82, 2.24) is 0 Å². The van der Waals surface area contributed by atoms with Crippen molar-refractivity contribution in [1.29, 1.82) is 0 Å². The minimum atomic E-state index is 0.0510. The van der Waals surface area contributed by atoms with Gasteiger partial charge in [-0.2, -0.15) is 0 Å². The van der Waals surface area contributed by atoms with E-state index in [1.807, 2.05) is 0 Å². The van der Waals surface area contributed by atoms with Gasteiger partial charge in [-0.25, -0.2) is 0 Å². The third kappa shape index (κ3) is 6.56. The van der Waals surface area contributed by atoms with Crippen molar-refractivity contribution in [2.24, 2.45) is 0 Å². The highest BCUT2D eigenvalue weighted by atomic mass is 15.1. The van der Waals surface area contributed by atoms with E-state index in [4.69, 9.17) is 0 Å². The highest BCUT2D eigenvalue weighted by Crippen LogP contribution is 2.52. The molecule has 1 atom stereocenters. The van der Waals surface area contributed by atoms with Gasteiger partial charge in [0.1, 0.15) is 0 Å². The number of allylic oxidation sites excluding steroid dienone is 4. The van der Waals surface area contributed by atoms with Crippen molar-refractivity contribution in [2.75, 3.05) is 9.80 Å². The van der Waals surface area contributed by atoms with E-state index in [0.29, 0.717) is 5.92 Å². The van der Waals surface area contributed by atoms with E-state index in [2.05, 4.69) is 226 Å². The predicted octanol–water partition coefficient (Wildman–Crippen LogP) is 15.0. The Bertz CT molecular complexity index is 2510. The third-order valence-corrected chi connectivity index (χ3v) is 11.9. The van der Waals surface area contributed by atoms with Crippen LogP contribution in [0.15, 0.2) is 188 Å². The van der Waals surface area contributed by atoms with E-state index < -0.39 is 0 Å². The summed E-state index contributed by atoms with van der Waals surface area (Å²) in [7, 11) is 0. The van der Waals surface area contributed by atoms with Crippen molar-refractivity contribution in [2.45, 2.75) is 52.4 Å². The van der Waals surface area contributed by atoms with Crippen LogP contribution in [0.1, 0.15) is 59.6 Å². The molecule has 2 nitrogen and oxygen atoms in total. The molecule has 0 heterocycles. The fourth-order valence-corrected chi connectivity index (χ4v) is 8.67. The SMILES string of the molecule is Cc1ccc(N(c2ccc(C)cc2)c2ccc(-c3ccc(N(c4ccc(C)cc4)c4ccc(C5C=CC6=C(C5)c5ccccc5C6(C)C)cc4)cc3)cc2)cc1. The molecule has 0 aliphatic heterocycles. The van der Waals surface area contributed by atoms with E-state index in [1.165, 1.54) is 55.7 Å². The molecule has 2 heteroatoms. The van der Waals surface area contributed by atoms with Crippen LogP contribution in [0.3, 0.4) is 0 Å². The second-order valence-electron chi connectivity index (χ2n) is 16.1. The zero-order chi connectivity index (χ0) is 38.4. The molecule has 0 N–H and O–H groups in total. The number of hydrogen-bond donors (Lipinski definition) is 0. The molecule has 0 bridgehead atoms. The fraction of sp³-hybridized carbons (Fsp3) is 0.148. The van der Waals surface area contributed by atoms with E-state index >= 15 is 0 Å². The Kier molecular flexibility index (Phi) is 9.06. The van der Waals surface area contributed by atoms with Gasteiger partial charge in [-0.3, -0.25) is 0 Å². The van der Waals surface area contributed by atoms with Gasteiger partial charge in [-0.05, 0) is 139 Å². The van der Waals surface area contributed by atoms with Crippen LogP contribution in [-0.2, 0) is 5.41 Å². The summed E-state index contributed by atoms with van der Waals surface area (Å²) >= 11 is 0. The first-order valence-corrected chi connectivity index (χ1v) is 19.9. The van der Waals surface area contributed by atoms with E-state index in [-0.39, 0.29) is 5.41 Å². The van der Waals surface area contributed by atoms with E-state index in [1.54, 1.807) is 0 Å². The van der Waals surface area contributed by atoms with Gasteiger partial charge < -0.3 is 9.80 Å². The van der Waals surface area contributed by atoms with Crippen LogP contribution in [-0.4, -0.2) is 0 Å². The second-order valence-corrected chi connectivity index (χ2v) is 16.1. The molecule has 9 rings (SSSR count). The number of hydrogen-bond acceptors (Lipinski definition) is 2. The maximum Gasteiger partial charge on any atom is 0.0462 e. The molecule has 0 saturated carbocycles. The summed E-state index contributed by atoms with van der Waals surface area (Å²) < 4.78 is 0. The average Bonchev–Trinajstić information content (AvgIpc) is 3.46. The predicted molar refractivity (Wildman–Crippen MR) is 238 cm³/mol. The lowest BCUT2D eigenvalue weighted by molar-refractivity contribution is 0.649. The number of aryl methyl sites for hydroxylation is 3. The Morgan fingerprint density at radius 1 is 0.446 bits per heavy atom. The summed E-state index contributed by atoms with van der Waals surface area (Å²) in [6.45, 7) is 11.1. The molecule has 0 radical (unpaired) electrons. The van der Waals surface area contributed by atoms with Gasteiger partial charge in [-0.1, -0.05) is 140 Å². The van der Waals surface area contributed by atoms with Crippen LogP contribution in [0.25, 0.3) is 16.7 Å². The van der Waals surface area contributed by atoms with Gasteiger partial charge in [0.2, 0.25) is 0 Å². The minimum Gasteiger partial charge on any atom is -0.311 e. The Balaban J connectivity index is 0.986. The molecule has 0 amide bonds. The topological polar surface area (TPSA) is 6.48 Å². The van der Waals surface area contributed by atoms with Crippen LogP contribution >= 0.6 is 0 Å². The zero-order valence-corrected chi connectivity index (χ0v) is 33.0. The number of nitrogens with zero attached hydrogens (tertiary/aromatic N) is 2. The fourth-order valence-electron chi connectivity index (χ4n) is 8.67. The van der Waals surface area contributed by atoms with Crippen molar-refractivity contribution >= 4 is 39.7 Å². The lowest BCUT2D eigenvalue weighted by Crippen LogP contribution is -2.17. The van der Waals surface area contributed by atoms with Gasteiger partial charge in [0.05, 0.1) is 0 Å². The van der Waals surface area contributed by atoms with Crippen LogP contribution in [0.5, 0.6) is 0 Å². The van der Waals surface area contributed by atoms with E-state index in [9.17, 15) is 0 Å². The van der Waals surface area contributed by atoms with Gasteiger partial charge in [-0.15, -0.1) is 0 Å². The molecule has 2 aliphatic carbocycles. The van der Waals surface area contributed by atoms with Crippen molar-refractivity contribution in [3.63, 3.8) is 0 Å². The van der Waals surface area contributed by atoms with Crippen LogP contribution < -0.4 is 9.80 Å². The van der Waals surface area contributed by atoms with Crippen molar-refractivity contribution < 1.29 is 0 Å². The Labute approximate surface area is 332 Å².